The summed E-state index contributed by atoms with van der Waals surface area (Å²) in [6.45, 7) is 0. The standard InChI is InChI=1S/C13H15BrN2S/c1-15-12(5-10-3-2-4-16-8-10)7-13-6-11(14)9-17-13/h2-4,6,8-9,12,15H,5,7H2,1H3. The highest BCUT2D eigenvalue weighted by Crippen LogP contribution is 2.21. The molecule has 0 fully saturated rings. The number of hydrogen-bond acceptors (Lipinski definition) is 3. The summed E-state index contributed by atoms with van der Waals surface area (Å²) in [6.07, 6.45) is 5.82. The van der Waals surface area contributed by atoms with Crippen molar-refractivity contribution in [1.29, 1.82) is 0 Å². The minimum atomic E-state index is 0.463. The lowest BCUT2D eigenvalue weighted by atomic mass is 10.0. The molecule has 4 heteroatoms. The molecular weight excluding hydrogens is 296 g/mol. The van der Waals surface area contributed by atoms with E-state index in [1.807, 2.05) is 25.5 Å². The summed E-state index contributed by atoms with van der Waals surface area (Å²) < 4.78 is 1.17. The largest absolute Gasteiger partial charge is 0.316 e. The number of aromatic nitrogens is 1. The Morgan fingerprint density at radius 3 is 2.94 bits per heavy atom. The van der Waals surface area contributed by atoms with Gasteiger partial charge in [-0.25, -0.2) is 0 Å². The number of hydrogen-bond donors (Lipinski definition) is 1. The van der Waals surface area contributed by atoms with Crippen LogP contribution in [0.4, 0.5) is 0 Å². The Hall–Kier alpha value is -0.710. The zero-order valence-corrected chi connectivity index (χ0v) is 12.1. The number of halogens is 1. The Bertz CT molecular complexity index is 455. The minimum Gasteiger partial charge on any atom is -0.316 e. The Kier molecular flexibility index (Phi) is 4.71. The molecular formula is C13H15BrN2S. The van der Waals surface area contributed by atoms with Crippen LogP contribution in [0.2, 0.25) is 0 Å². The lowest BCUT2D eigenvalue weighted by Gasteiger charge is -2.14. The van der Waals surface area contributed by atoms with E-state index < -0.39 is 0 Å². The van der Waals surface area contributed by atoms with E-state index in [0.717, 1.165) is 12.8 Å². The summed E-state index contributed by atoms with van der Waals surface area (Å²) in [4.78, 5) is 5.55. The zero-order chi connectivity index (χ0) is 12.1. The van der Waals surface area contributed by atoms with E-state index in [1.54, 1.807) is 11.3 Å². The van der Waals surface area contributed by atoms with Crippen molar-refractivity contribution in [1.82, 2.24) is 10.3 Å². The molecule has 0 spiro atoms. The molecule has 2 nitrogen and oxygen atoms in total. The van der Waals surface area contributed by atoms with Gasteiger partial charge in [0.05, 0.1) is 0 Å². The van der Waals surface area contributed by atoms with Gasteiger partial charge >= 0.3 is 0 Å². The number of rotatable bonds is 5. The number of nitrogens with one attached hydrogen (secondary N) is 1. The van der Waals surface area contributed by atoms with E-state index in [9.17, 15) is 0 Å². The quantitative estimate of drug-likeness (QED) is 0.916. The van der Waals surface area contributed by atoms with E-state index in [-0.39, 0.29) is 0 Å². The topological polar surface area (TPSA) is 24.9 Å². The molecule has 0 aliphatic rings. The third kappa shape index (κ3) is 3.91. The Morgan fingerprint density at radius 2 is 2.35 bits per heavy atom. The number of thiophene rings is 1. The number of pyridine rings is 1. The smallest absolute Gasteiger partial charge is 0.0300 e. The van der Waals surface area contributed by atoms with Gasteiger partial charge in [-0.15, -0.1) is 11.3 Å². The van der Waals surface area contributed by atoms with Crippen LogP contribution in [0.25, 0.3) is 0 Å². The molecule has 1 atom stereocenters. The molecule has 0 radical (unpaired) electrons. The van der Waals surface area contributed by atoms with Crippen LogP contribution in [-0.4, -0.2) is 18.1 Å². The maximum atomic E-state index is 4.15. The van der Waals surface area contributed by atoms with Gasteiger partial charge in [-0.1, -0.05) is 6.07 Å². The van der Waals surface area contributed by atoms with E-state index in [2.05, 4.69) is 43.7 Å². The monoisotopic (exact) mass is 310 g/mol. The summed E-state index contributed by atoms with van der Waals surface area (Å²) in [5.41, 5.74) is 1.28. The summed E-state index contributed by atoms with van der Waals surface area (Å²) >= 11 is 5.29. The normalized spacial score (nSPS) is 12.6. The molecule has 2 heterocycles. The van der Waals surface area contributed by atoms with E-state index in [0.29, 0.717) is 6.04 Å². The predicted molar refractivity (Wildman–Crippen MR) is 76.5 cm³/mol. The third-order valence-electron chi connectivity index (χ3n) is 2.68. The van der Waals surface area contributed by atoms with Crippen molar-refractivity contribution in [2.75, 3.05) is 7.05 Å². The van der Waals surface area contributed by atoms with Crippen molar-refractivity contribution in [2.45, 2.75) is 18.9 Å². The summed E-state index contributed by atoms with van der Waals surface area (Å²) in [5.74, 6) is 0. The van der Waals surface area contributed by atoms with E-state index in [1.165, 1.54) is 14.9 Å². The first kappa shape index (κ1) is 12.7. The van der Waals surface area contributed by atoms with Crippen LogP contribution >= 0.6 is 27.3 Å². The van der Waals surface area contributed by atoms with Gasteiger partial charge in [0.2, 0.25) is 0 Å². The van der Waals surface area contributed by atoms with E-state index >= 15 is 0 Å². The first-order valence-electron chi connectivity index (χ1n) is 5.57. The van der Waals surface area contributed by atoms with Gasteiger partial charge in [0.25, 0.3) is 0 Å². The van der Waals surface area contributed by atoms with Crippen LogP contribution in [-0.2, 0) is 12.8 Å². The first-order valence-corrected chi connectivity index (χ1v) is 7.24. The van der Waals surface area contributed by atoms with Gasteiger partial charge in [0.15, 0.2) is 0 Å². The average molecular weight is 311 g/mol. The molecule has 17 heavy (non-hydrogen) atoms. The molecule has 1 unspecified atom stereocenters. The molecule has 2 aromatic heterocycles. The second kappa shape index (κ2) is 6.28. The summed E-state index contributed by atoms with van der Waals surface area (Å²) in [7, 11) is 2.02. The SMILES string of the molecule is CNC(Cc1cccnc1)Cc1cc(Br)cs1. The maximum absolute atomic E-state index is 4.15. The van der Waals surface area contributed by atoms with Crippen LogP contribution in [0.1, 0.15) is 10.4 Å². The fourth-order valence-corrected chi connectivity index (χ4v) is 3.32. The highest BCUT2D eigenvalue weighted by atomic mass is 79.9. The molecule has 0 amide bonds. The van der Waals surface area contributed by atoms with Crippen LogP contribution in [0.15, 0.2) is 40.4 Å². The molecule has 0 saturated heterocycles. The van der Waals surface area contributed by atoms with Crippen molar-refractivity contribution < 1.29 is 0 Å². The second-order valence-electron chi connectivity index (χ2n) is 3.99. The molecule has 1 N–H and O–H groups in total. The minimum absolute atomic E-state index is 0.463. The molecule has 0 aliphatic heterocycles. The van der Waals surface area contributed by atoms with Gasteiger partial charge in [-0.05, 0) is 53.5 Å². The van der Waals surface area contributed by atoms with Gasteiger partial charge < -0.3 is 5.32 Å². The van der Waals surface area contributed by atoms with Crippen molar-refractivity contribution in [3.05, 3.63) is 50.9 Å². The number of nitrogens with zero attached hydrogens (tertiary/aromatic N) is 1. The molecule has 2 rings (SSSR count). The molecule has 90 valence electrons. The fourth-order valence-electron chi connectivity index (χ4n) is 1.78. The van der Waals surface area contributed by atoms with Gasteiger partial charge in [0.1, 0.15) is 0 Å². The van der Waals surface area contributed by atoms with Crippen LogP contribution in [0.5, 0.6) is 0 Å². The number of likely N-dealkylation sites (N-methyl/N-ethyl adjacent to an activating group) is 1. The van der Waals surface area contributed by atoms with Crippen molar-refractivity contribution in [2.24, 2.45) is 0 Å². The molecule has 0 aromatic carbocycles. The zero-order valence-electron chi connectivity index (χ0n) is 9.69. The van der Waals surface area contributed by atoms with Crippen LogP contribution in [0.3, 0.4) is 0 Å². The van der Waals surface area contributed by atoms with Gasteiger partial charge in [0, 0.05) is 33.2 Å². The predicted octanol–water partition coefficient (Wildman–Crippen LogP) is 3.28. The average Bonchev–Trinajstić information content (AvgIpc) is 2.75. The fraction of sp³-hybridized carbons (Fsp3) is 0.308. The molecule has 0 saturated carbocycles. The Balaban J connectivity index is 1.98. The molecule has 0 aliphatic carbocycles. The highest BCUT2D eigenvalue weighted by molar-refractivity contribution is 9.10. The van der Waals surface area contributed by atoms with Gasteiger partial charge in [-0.2, -0.15) is 0 Å². The lowest BCUT2D eigenvalue weighted by molar-refractivity contribution is 0.559. The van der Waals surface area contributed by atoms with Crippen LogP contribution in [0, 0.1) is 0 Å². The lowest BCUT2D eigenvalue weighted by Crippen LogP contribution is -2.29. The molecule has 2 aromatic rings. The summed E-state index contributed by atoms with van der Waals surface area (Å²) in [6, 6.07) is 6.77. The third-order valence-corrected chi connectivity index (χ3v) is 4.40. The Labute approximate surface area is 114 Å². The second-order valence-corrected chi connectivity index (χ2v) is 5.90. The van der Waals surface area contributed by atoms with Crippen LogP contribution < -0.4 is 5.32 Å². The van der Waals surface area contributed by atoms with Crippen molar-refractivity contribution in [3.63, 3.8) is 0 Å². The maximum Gasteiger partial charge on any atom is 0.0300 e. The van der Waals surface area contributed by atoms with Gasteiger partial charge in [-0.3, -0.25) is 4.98 Å². The van der Waals surface area contributed by atoms with Crippen molar-refractivity contribution >= 4 is 27.3 Å². The summed E-state index contributed by atoms with van der Waals surface area (Å²) in [5, 5.41) is 5.50. The van der Waals surface area contributed by atoms with Crippen molar-refractivity contribution in [3.8, 4) is 0 Å². The Morgan fingerprint density at radius 1 is 1.47 bits per heavy atom. The molecule has 0 bridgehead atoms. The highest BCUT2D eigenvalue weighted by Gasteiger charge is 2.09. The first-order chi connectivity index (χ1) is 8.28. The van der Waals surface area contributed by atoms with E-state index in [4.69, 9.17) is 0 Å².